The zero-order valence-corrected chi connectivity index (χ0v) is 20.3. The van der Waals surface area contributed by atoms with Gasteiger partial charge in [-0.15, -0.1) is 0 Å². The molecule has 0 saturated heterocycles. The fourth-order valence-electron chi connectivity index (χ4n) is 3.96. The van der Waals surface area contributed by atoms with Crippen molar-refractivity contribution < 1.29 is 5.11 Å². The minimum atomic E-state index is -0.118. The number of aliphatic hydroxyl groups is 1. The first-order chi connectivity index (χ1) is 16.9. The van der Waals surface area contributed by atoms with Crippen molar-refractivity contribution in [1.82, 2.24) is 19.7 Å². The van der Waals surface area contributed by atoms with Crippen molar-refractivity contribution in [3.63, 3.8) is 0 Å². The summed E-state index contributed by atoms with van der Waals surface area (Å²) in [5.74, 6) is 2.06. The Morgan fingerprint density at radius 1 is 0.829 bits per heavy atom. The number of benzene rings is 3. The monoisotopic (exact) mass is 466 g/mol. The molecule has 2 aromatic heterocycles. The normalized spacial score (nSPS) is 11.8. The Bertz CT molecular complexity index is 1470. The van der Waals surface area contributed by atoms with E-state index in [0.717, 1.165) is 39.0 Å². The summed E-state index contributed by atoms with van der Waals surface area (Å²) >= 11 is 0. The van der Waals surface area contributed by atoms with Crippen molar-refractivity contribution in [3.8, 4) is 5.69 Å². The smallest absolute Gasteiger partial charge is 0.175 e. The fraction of sp³-hybridized carbons (Fsp3) is 0.250. The number of nitrogens with one attached hydrogen (secondary N) is 2. The maximum Gasteiger partial charge on any atom is 0.175 e. The lowest BCUT2D eigenvalue weighted by Crippen LogP contribution is -2.12. The van der Waals surface area contributed by atoms with Gasteiger partial charge in [0.1, 0.15) is 5.82 Å². The number of hydrogen-bond acceptors (Lipinski definition) is 6. The predicted molar refractivity (Wildman–Crippen MR) is 143 cm³/mol. The summed E-state index contributed by atoms with van der Waals surface area (Å²) in [6.07, 6.45) is 0.618. The lowest BCUT2D eigenvalue weighted by Gasteiger charge is -2.14. The first kappa shape index (κ1) is 22.8. The highest BCUT2D eigenvalue weighted by Crippen LogP contribution is 2.31. The summed E-state index contributed by atoms with van der Waals surface area (Å²) in [6.45, 7) is 7.15. The molecule has 3 aromatic carbocycles. The second-order valence-corrected chi connectivity index (χ2v) is 9.65. The third kappa shape index (κ3) is 4.81. The standard InChI is InChI=1S/C28H30N6O/c1-28(2,3)24-18-25(34(33-24)21-12-5-4-6-13-21)32-27-26(29-14-9-15-35)30-22-16-19-10-7-8-11-20(19)17-23(22)31-27/h4-8,10-13,16-18,35H,9,14-15H2,1-3H3,(H,29,30)(H,31,32). The van der Waals surface area contributed by atoms with Crippen LogP contribution in [0.1, 0.15) is 32.9 Å². The van der Waals surface area contributed by atoms with Crippen molar-refractivity contribution in [2.75, 3.05) is 23.8 Å². The number of aromatic nitrogens is 4. The van der Waals surface area contributed by atoms with Gasteiger partial charge in [0, 0.05) is 24.6 Å². The number of aliphatic hydroxyl groups excluding tert-OH is 1. The van der Waals surface area contributed by atoms with Gasteiger partial charge in [0.2, 0.25) is 0 Å². The molecular weight excluding hydrogens is 436 g/mol. The molecule has 0 atom stereocenters. The summed E-state index contributed by atoms with van der Waals surface area (Å²) in [7, 11) is 0. The lowest BCUT2D eigenvalue weighted by molar-refractivity contribution is 0.292. The van der Waals surface area contributed by atoms with Crippen LogP contribution in [0.25, 0.3) is 27.5 Å². The van der Waals surface area contributed by atoms with Gasteiger partial charge in [0.05, 0.1) is 22.4 Å². The van der Waals surface area contributed by atoms with Crippen LogP contribution in [0.15, 0.2) is 72.8 Å². The molecule has 0 bridgehead atoms. The average molecular weight is 467 g/mol. The van der Waals surface area contributed by atoms with Gasteiger partial charge in [0.15, 0.2) is 11.6 Å². The molecule has 0 fully saturated rings. The predicted octanol–water partition coefficient (Wildman–Crippen LogP) is 5.80. The van der Waals surface area contributed by atoms with Gasteiger partial charge in [-0.1, -0.05) is 63.2 Å². The molecule has 7 nitrogen and oxygen atoms in total. The molecule has 0 aliphatic carbocycles. The van der Waals surface area contributed by atoms with E-state index in [9.17, 15) is 5.11 Å². The number of anilines is 3. The van der Waals surface area contributed by atoms with E-state index in [1.165, 1.54) is 0 Å². The van der Waals surface area contributed by atoms with Crippen molar-refractivity contribution in [2.24, 2.45) is 0 Å². The van der Waals surface area contributed by atoms with Gasteiger partial charge < -0.3 is 15.7 Å². The van der Waals surface area contributed by atoms with E-state index in [4.69, 9.17) is 15.1 Å². The van der Waals surface area contributed by atoms with Crippen LogP contribution >= 0.6 is 0 Å². The molecule has 0 unspecified atom stereocenters. The van der Waals surface area contributed by atoms with E-state index in [2.05, 4.69) is 61.7 Å². The van der Waals surface area contributed by atoms with Gasteiger partial charge in [-0.3, -0.25) is 0 Å². The molecule has 3 N–H and O–H groups in total. The van der Waals surface area contributed by atoms with E-state index >= 15 is 0 Å². The Balaban J connectivity index is 1.63. The van der Waals surface area contributed by atoms with Crippen LogP contribution in [0.5, 0.6) is 0 Å². The SMILES string of the molecule is CC(C)(C)c1cc(Nc2nc3cc4ccccc4cc3nc2NCCCO)n(-c2ccccc2)n1. The van der Waals surface area contributed by atoms with Gasteiger partial charge in [0.25, 0.3) is 0 Å². The van der Waals surface area contributed by atoms with Crippen LogP contribution in [0.2, 0.25) is 0 Å². The van der Waals surface area contributed by atoms with E-state index < -0.39 is 0 Å². The Morgan fingerprint density at radius 2 is 1.46 bits per heavy atom. The molecule has 5 aromatic rings. The minimum absolute atomic E-state index is 0.108. The number of nitrogens with zero attached hydrogens (tertiary/aromatic N) is 4. The van der Waals surface area contributed by atoms with Gasteiger partial charge >= 0.3 is 0 Å². The summed E-state index contributed by atoms with van der Waals surface area (Å²) < 4.78 is 1.91. The van der Waals surface area contributed by atoms with Crippen molar-refractivity contribution >= 4 is 39.3 Å². The van der Waals surface area contributed by atoms with Crippen molar-refractivity contribution in [1.29, 1.82) is 0 Å². The fourth-order valence-corrected chi connectivity index (χ4v) is 3.96. The maximum absolute atomic E-state index is 9.28. The lowest BCUT2D eigenvalue weighted by atomic mass is 9.92. The van der Waals surface area contributed by atoms with Crippen molar-refractivity contribution in [2.45, 2.75) is 32.6 Å². The summed E-state index contributed by atoms with van der Waals surface area (Å²) in [4.78, 5) is 9.87. The zero-order chi connectivity index (χ0) is 24.4. The molecule has 5 rings (SSSR count). The summed E-state index contributed by atoms with van der Waals surface area (Å²) in [6, 6.07) is 24.5. The van der Waals surface area contributed by atoms with E-state index in [-0.39, 0.29) is 12.0 Å². The van der Waals surface area contributed by atoms with Crippen LogP contribution in [0, 0.1) is 0 Å². The van der Waals surface area contributed by atoms with Crippen LogP contribution in [0.4, 0.5) is 17.5 Å². The highest BCUT2D eigenvalue weighted by atomic mass is 16.3. The summed E-state index contributed by atoms with van der Waals surface area (Å²) in [5, 5.41) is 23.3. The Kier molecular flexibility index (Phi) is 6.09. The first-order valence-electron chi connectivity index (χ1n) is 11.9. The molecular formula is C28H30N6O. The van der Waals surface area contributed by atoms with E-state index in [0.29, 0.717) is 24.6 Å². The third-order valence-electron chi connectivity index (χ3n) is 5.88. The summed E-state index contributed by atoms with van der Waals surface area (Å²) in [5.41, 5.74) is 3.43. The zero-order valence-electron chi connectivity index (χ0n) is 20.3. The Labute approximate surface area is 204 Å². The minimum Gasteiger partial charge on any atom is -0.396 e. The number of para-hydroxylation sites is 1. The topological polar surface area (TPSA) is 87.9 Å². The molecule has 0 aliphatic heterocycles. The van der Waals surface area contributed by atoms with Gasteiger partial charge in [-0.25, -0.2) is 14.6 Å². The van der Waals surface area contributed by atoms with Crippen LogP contribution in [0.3, 0.4) is 0 Å². The van der Waals surface area contributed by atoms with Crippen LogP contribution in [-0.4, -0.2) is 38.0 Å². The number of rotatable bonds is 7. The van der Waals surface area contributed by atoms with Gasteiger partial charge in [-0.2, -0.15) is 5.10 Å². The average Bonchev–Trinajstić information content (AvgIpc) is 3.28. The second-order valence-electron chi connectivity index (χ2n) is 9.65. The number of hydrogen-bond donors (Lipinski definition) is 3. The highest BCUT2D eigenvalue weighted by Gasteiger charge is 2.22. The molecule has 178 valence electrons. The Hall–Kier alpha value is -3.97. The van der Waals surface area contributed by atoms with E-state index in [1.807, 2.05) is 47.1 Å². The van der Waals surface area contributed by atoms with Crippen LogP contribution in [-0.2, 0) is 5.41 Å². The Morgan fingerprint density at radius 3 is 2.09 bits per heavy atom. The molecule has 2 heterocycles. The molecule has 0 radical (unpaired) electrons. The molecule has 35 heavy (non-hydrogen) atoms. The quantitative estimate of drug-likeness (QED) is 0.207. The van der Waals surface area contributed by atoms with Crippen LogP contribution < -0.4 is 10.6 Å². The maximum atomic E-state index is 9.28. The number of fused-ring (bicyclic) bond motifs is 2. The molecule has 0 amide bonds. The molecule has 0 saturated carbocycles. The molecule has 0 spiro atoms. The van der Waals surface area contributed by atoms with Crippen molar-refractivity contribution in [3.05, 3.63) is 78.5 Å². The molecule has 7 heteroatoms. The largest absolute Gasteiger partial charge is 0.396 e. The highest BCUT2D eigenvalue weighted by molar-refractivity contribution is 5.96. The second kappa shape index (κ2) is 9.35. The first-order valence-corrected chi connectivity index (χ1v) is 11.9. The third-order valence-corrected chi connectivity index (χ3v) is 5.88. The van der Waals surface area contributed by atoms with Gasteiger partial charge in [-0.05, 0) is 41.5 Å². The van der Waals surface area contributed by atoms with E-state index in [1.54, 1.807) is 0 Å². The molecule has 0 aliphatic rings.